The van der Waals surface area contributed by atoms with Gasteiger partial charge in [0, 0.05) is 12.1 Å². The van der Waals surface area contributed by atoms with E-state index in [1.807, 2.05) is 0 Å². The molecule has 1 fully saturated rings. The van der Waals surface area contributed by atoms with Crippen molar-refractivity contribution in [1.29, 1.82) is 0 Å². The maximum atomic E-state index is 13.1. The number of halogens is 1. The van der Waals surface area contributed by atoms with Crippen LogP contribution in [0.3, 0.4) is 0 Å². The highest BCUT2D eigenvalue weighted by Crippen LogP contribution is 2.40. The van der Waals surface area contributed by atoms with Gasteiger partial charge in [0.1, 0.15) is 5.82 Å². The number of aliphatic carboxylic acids is 1. The largest absolute Gasteiger partial charge is 0.481 e. The first kappa shape index (κ1) is 13.5. The number of carboxylic acids is 1. The molecule has 2 rings (SSSR count). The van der Waals surface area contributed by atoms with E-state index in [9.17, 15) is 14.0 Å². The summed E-state index contributed by atoms with van der Waals surface area (Å²) in [5.74, 6) is -1.59. The third-order valence-corrected chi connectivity index (χ3v) is 3.77. The van der Waals surface area contributed by atoms with Gasteiger partial charge in [-0.05, 0) is 43.5 Å². The topological polar surface area (TPSA) is 66.4 Å². The molecule has 1 aromatic carbocycles. The Morgan fingerprint density at radius 3 is 2.58 bits per heavy atom. The van der Waals surface area contributed by atoms with Gasteiger partial charge in [0.05, 0.1) is 5.41 Å². The van der Waals surface area contributed by atoms with Crippen molar-refractivity contribution in [3.8, 4) is 0 Å². The Kier molecular flexibility index (Phi) is 3.55. The lowest BCUT2D eigenvalue weighted by molar-refractivity contribution is -0.153. The fraction of sp³-hybridized carbons (Fsp3) is 0.429. The van der Waals surface area contributed by atoms with Gasteiger partial charge in [-0.3, -0.25) is 9.59 Å². The van der Waals surface area contributed by atoms with E-state index in [1.54, 1.807) is 6.92 Å². The maximum Gasteiger partial charge on any atom is 0.311 e. The molecule has 0 unspecified atom stereocenters. The molecule has 0 spiro atoms. The number of carbonyl (C=O) groups excluding carboxylic acids is 1. The molecular formula is C14H16FNO3. The van der Waals surface area contributed by atoms with E-state index in [4.69, 9.17) is 5.11 Å². The lowest BCUT2D eigenvalue weighted by Gasteiger charge is -2.37. The van der Waals surface area contributed by atoms with E-state index in [0.717, 1.165) is 6.42 Å². The van der Waals surface area contributed by atoms with Crippen molar-refractivity contribution in [3.63, 3.8) is 0 Å². The van der Waals surface area contributed by atoms with Crippen LogP contribution < -0.4 is 5.32 Å². The second-order valence-corrected chi connectivity index (χ2v) is 5.09. The third kappa shape index (κ3) is 2.59. The number of aryl methyl sites for hydroxylation is 1. The Morgan fingerprint density at radius 1 is 1.42 bits per heavy atom. The van der Waals surface area contributed by atoms with Gasteiger partial charge in [-0.1, -0.05) is 6.42 Å². The molecule has 0 heterocycles. The van der Waals surface area contributed by atoms with Crippen LogP contribution in [0.4, 0.5) is 4.39 Å². The van der Waals surface area contributed by atoms with Crippen molar-refractivity contribution in [1.82, 2.24) is 5.32 Å². The molecule has 5 heteroatoms. The van der Waals surface area contributed by atoms with Crippen molar-refractivity contribution in [2.45, 2.75) is 26.2 Å². The summed E-state index contributed by atoms with van der Waals surface area (Å²) in [5, 5.41) is 11.8. The molecule has 4 nitrogen and oxygen atoms in total. The van der Waals surface area contributed by atoms with Crippen molar-refractivity contribution in [2.24, 2.45) is 5.41 Å². The van der Waals surface area contributed by atoms with Crippen molar-refractivity contribution >= 4 is 11.9 Å². The van der Waals surface area contributed by atoms with E-state index in [2.05, 4.69) is 5.32 Å². The van der Waals surface area contributed by atoms with Gasteiger partial charge in [0.2, 0.25) is 0 Å². The van der Waals surface area contributed by atoms with E-state index < -0.39 is 11.4 Å². The standard InChI is InChI=1S/C14H16FNO3/c1-9-7-10(3-4-11(9)15)12(17)16-8-14(13(18)19)5-2-6-14/h3-4,7H,2,5-6,8H2,1H3,(H,16,17)(H,18,19). The van der Waals surface area contributed by atoms with E-state index >= 15 is 0 Å². The minimum Gasteiger partial charge on any atom is -0.481 e. The maximum absolute atomic E-state index is 13.1. The molecule has 0 aliphatic heterocycles. The SMILES string of the molecule is Cc1cc(C(=O)NCC2(C(=O)O)CCC2)ccc1F. The van der Waals surface area contributed by atoms with Gasteiger partial charge in [0.25, 0.3) is 5.91 Å². The third-order valence-electron chi connectivity index (χ3n) is 3.77. The van der Waals surface area contributed by atoms with Gasteiger partial charge in [-0.2, -0.15) is 0 Å². The Hall–Kier alpha value is -1.91. The Bertz CT molecular complexity index is 523. The Morgan fingerprint density at radius 2 is 2.11 bits per heavy atom. The molecule has 102 valence electrons. The van der Waals surface area contributed by atoms with E-state index in [1.165, 1.54) is 18.2 Å². The quantitative estimate of drug-likeness (QED) is 0.876. The minimum absolute atomic E-state index is 0.123. The molecule has 1 aliphatic carbocycles. The summed E-state index contributed by atoms with van der Waals surface area (Å²) >= 11 is 0. The first-order valence-corrected chi connectivity index (χ1v) is 6.22. The zero-order valence-corrected chi connectivity index (χ0v) is 10.7. The number of hydrogen-bond donors (Lipinski definition) is 2. The number of hydrogen-bond acceptors (Lipinski definition) is 2. The van der Waals surface area contributed by atoms with Gasteiger partial charge >= 0.3 is 5.97 Å². The smallest absolute Gasteiger partial charge is 0.311 e. The van der Waals surface area contributed by atoms with Gasteiger partial charge in [-0.25, -0.2) is 4.39 Å². The monoisotopic (exact) mass is 265 g/mol. The van der Waals surface area contributed by atoms with Gasteiger partial charge in [-0.15, -0.1) is 0 Å². The van der Waals surface area contributed by atoms with Crippen LogP contribution in [-0.4, -0.2) is 23.5 Å². The summed E-state index contributed by atoms with van der Waals surface area (Å²) in [6.07, 6.45) is 2.05. The fourth-order valence-corrected chi connectivity index (χ4v) is 2.21. The molecule has 0 saturated heterocycles. The summed E-state index contributed by atoms with van der Waals surface area (Å²) < 4.78 is 13.1. The molecule has 1 aromatic rings. The molecule has 1 amide bonds. The molecule has 1 saturated carbocycles. The predicted octanol–water partition coefficient (Wildman–Crippen LogP) is 2.12. The fourth-order valence-electron chi connectivity index (χ4n) is 2.21. The molecule has 1 aliphatic rings. The zero-order valence-electron chi connectivity index (χ0n) is 10.7. The van der Waals surface area contributed by atoms with E-state index in [0.29, 0.717) is 24.0 Å². The van der Waals surface area contributed by atoms with Gasteiger partial charge < -0.3 is 10.4 Å². The Labute approximate surface area is 110 Å². The van der Waals surface area contributed by atoms with Crippen molar-refractivity contribution < 1.29 is 19.1 Å². The number of rotatable bonds is 4. The summed E-state index contributed by atoms with van der Waals surface area (Å²) in [7, 11) is 0. The summed E-state index contributed by atoms with van der Waals surface area (Å²) in [5.41, 5.74) is -0.0759. The first-order chi connectivity index (χ1) is 8.94. The zero-order chi connectivity index (χ0) is 14.0. The van der Waals surface area contributed by atoms with Crippen LogP contribution in [0, 0.1) is 18.2 Å². The second-order valence-electron chi connectivity index (χ2n) is 5.09. The molecule has 19 heavy (non-hydrogen) atoms. The van der Waals surface area contributed by atoms with Gasteiger partial charge in [0.15, 0.2) is 0 Å². The van der Waals surface area contributed by atoms with E-state index in [-0.39, 0.29) is 18.3 Å². The minimum atomic E-state index is -0.866. The van der Waals surface area contributed by atoms with Crippen molar-refractivity contribution in [2.75, 3.05) is 6.54 Å². The van der Waals surface area contributed by atoms with Crippen LogP contribution in [0.2, 0.25) is 0 Å². The second kappa shape index (κ2) is 4.99. The molecule has 0 aromatic heterocycles. The summed E-state index contributed by atoms with van der Waals surface area (Å²) in [6.45, 7) is 1.70. The molecule has 0 bridgehead atoms. The number of amides is 1. The van der Waals surface area contributed by atoms with Crippen LogP contribution in [0.1, 0.15) is 35.2 Å². The predicted molar refractivity (Wildman–Crippen MR) is 67.4 cm³/mol. The number of benzene rings is 1. The van der Waals surface area contributed by atoms with Crippen LogP contribution in [0.5, 0.6) is 0 Å². The van der Waals surface area contributed by atoms with Crippen LogP contribution in [0.15, 0.2) is 18.2 Å². The number of carboxylic acid groups (broad SMARTS) is 1. The van der Waals surface area contributed by atoms with Crippen LogP contribution in [-0.2, 0) is 4.79 Å². The number of nitrogens with one attached hydrogen (secondary N) is 1. The summed E-state index contributed by atoms with van der Waals surface area (Å²) in [6, 6.07) is 4.09. The normalized spacial score (nSPS) is 16.5. The summed E-state index contributed by atoms with van der Waals surface area (Å²) in [4.78, 5) is 23.0. The highest BCUT2D eigenvalue weighted by atomic mass is 19.1. The highest BCUT2D eigenvalue weighted by molar-refractivity contribution is 5.94. The van der Waals surface area contributed by atoms with Crippen LogP contribution >= 0.6 is 0 Å². The molecule has 2 N–H and O–H groups in total. The Balaban J connectivity index is 2.01. The highest BCUT2D eigenvalue weighted by Gasteiger charge is 2.44. The van der Waals surface area contributed by atoms with Crippen LogP contribution in [0.25, 0.3) is 0 Å². The lowest BCUT2D eigenvalue weighted by Crippen LogP contribution is -2.47. The van der Waals surface area contributed by atoms with Crippen molar-refractivity contribution in [3.05, 3.63) is 35.1 Å². The average Bonchev–Trinajstić information content (AvgIpc) is 2.30. The molecule has 0 radical (unpaired) electrons. The average molecular weight is 265 g/mol. The number of carbonyl (C=O) groups is 2. The lowest BCUT2D eigenvalue weighted by atomic mass is 9.69. The first-order valence-electron chi connectivity index (χ1n) is 6.22. The molecular weight excluding hydrogens is 249 g/mol. The molecule has 0 atom stereocenters.